The second-order valence-electron chi connectivity index (χ2n) is 3.81. The summed E-state index contributed by atoms with van der Waals surface area (Å²) in [5.41, 5.74) is 0.973. The van der Waals surface area contributed by atoms with Crippen molar-refractivity contribution in [3.8, 4) is 0 Å². The van der Waals surface area contributed by atoms with Gasteiger partial charge in [0.25, 0.3) is 0 Å². The van der Waals surface area contributed by atoms with Crippen LogP contribution in [-0.2, 0) is 11.0 Å². The molecule has 2 N–H and O–H groups in total. The summed E-state index contributed by atoms with van der Waals surface area (Å²) in [6.45, 7) is 4.15. The van der Waals surface area contributed by atoms with Gasteiger partial charge >= 0.3 is 7.60 Å². The predicted octanol–water partition coefficient (Wildman–Crippen LogP) is 1.69. The van der Waals surface area contributed by atoms with Gasteiger partial charge in [-0.1, -0.05) is 26.0 Å². The van der Waals surface area contributed by atoms with E-state index in [-0.39, 0.29) is 5.30 Å². The highest BCUT2D eigenvalue weighted by molar-refractivity contribution is 7.60. The molecule has 14 heavy (non-hydrogen) atoms. The molecular formula is C10H15O3P. The highest BCUT2D eigenvalue weighted by Crippen LogP contribution is 2.33. The molecular weight excluding hydrogens is 199 g/mol. The van der Waals surface area contributed by atoms with E-state index in [1.807, 2.05) is 6.07 Å². The first kappa shape index (κ1) is 11.4. The van der Waals surface area contributed by atoms with Crippen molar-refractivity contribution in [3.63, 3.8) is 0 Å². The minimum atomic E-state index is -4.09. The van der Waals surface area contributed by atoms with E-state index in [1.165, 1.54) is 6.07 Å². The van der Waals surface area contributed by atoms with Crippen molar-refractivity contribution in [3.05, 3.63) is 29.8 Å². The van der Waals surface area contributed by atoms with E-state index < -0.39 is 7.60 Å². The van der Waals surface area contributed by atoms with Crippen molar-refractivity contribution in [2.75, 3.05) is 0 Å². The Morgan fingerprint density at radius 2 is 2.00 bits per heavy atom. The van der Waals surface area contributed by atoms with E-state index in [4.69, 9.17) is 9.79 Å². The molecule has 1 aromatic carbocycles. The SMILES string of the molecule is CC(C)Cc1cccc(P(=O)(O)O)c1. The zero-order chi connectivity index (χ0) is 10.8. The molecule has 0 unspecified atom stereocenters. The minimum Gasteiger partial charge on any atom is -0.321 e. The van der Waals surface area contributed by atoms with Gasteiger partial charge in [-0.2, -0.15) is 0 Å². The van der Waals surface area contributed by atoms with Crippen LogP contribution in [0.4, 0.5) is 0 Å². The van der Waals surface area contributed by atoms with Crippen molar-refractivity contribution < 1.29 is 14.4 Å². The van der Waals surface area contributed by atoms with Gasteiger partial charge in [0.2, 0.25) is 0 Å². The molecule has 0 radical (unpaired) electrons. The zero-order valence-corrected chi connectivity index (χ0v) is 9.24. The van der Waals surface area contributed by atoms with Crippen molar-refractivity contribution in [2.24, 2.45) is 5.92 Å². The Labute approximate surface area is 83.9 Å². The average molecular weight is 214 g/mol. The molecule has 1 rings (SSSR count). The smallest absolute Gasteiger partial charge is 0.321 e. The molecule has 0 aliphatic rings. The molecule has 0 fully saturated rings. The summed E-state index contributed by atoms with van der Waals surface area (Å²) < 4.78 is 11.0. The Balaban J connectivity index is 2.96. The summed E-state index contributed by atoms with van der Waals surface area (Å²) in [6, 6.07) is 6.62. The van der Waals surface area contributed by atoms with E-state index in [9.17, 15) is 4.57 Å². The van der Waals surface area contributed by atoms with Gasteiger partial charge < -0.3 is 9.79 Å². The normalized spacial score (nSPS) is 12.1. The van der Waals surface area contributed by atoms with Crippen LogP contribution in [0.2, 0.25) is 0 Å². The lowest BCUT2D eigenvalue weighted by molar-refractivity contribution is 0.387. The third-order valence-electron chi connectivity index (χ3n) is 1.89. The van der Waals surface area contributed by atoms with Crippen molar-refractivity contribution >= 4 is 12.9 Å². The summed E-state index contributed by atoms with van der Waals surface area (Å²) in [5, 5.41) is 0.107. The Morgan fingerprint density at radius 3 is 2.50 bits per heavy atom. The second-order valence-corrected chi connectivity index (χ2v) is 5.42. The molecule has 3 nitrogen and oxygen atoms in total. The van der Waals surface area contributed by atoms with Gasteiger partial charge in [0.1, 0.15) is 0 Å². The van der Waals surface area contributed by atoms with Crippen LogP contribution < -0.4 is 5.30 Å². The third kappa shape index (κ3) is 3.26. The molecule has 0 saturated heterocycles. The lowest BCUT2D eigenvalue weighted by atomic mass is 10.0. The Morgan fingerprint density at radius 1 is 1.36 bits per heavy atom. The standard InChI is InChI=1S/C10H15O3P/c1-8(2)6-9-4-3-5-10(7-9)14(11,12)13/h3-5,7-8H,6H2,1-2H3,(H2,11,12,13). The van der Waals surface area contributed by atoms with Gasteiger partial charge in [-0.05, 0) is 30.0 Å². The highest BCUT2D eigenvalue weighted by Gasteiger charge is 2.16. The molecule has 78 valence electrons. The van der Waals surface area contributed by atoms with Crippen LogP contribution in [-0.4, -0.2) is 9.79 Å². The summed E-state index contributed by atoms with van der Waals surface area (Å²) in [5.74, 6) is 0.488. The fraction of sp³-hybridized carbons (Fsp3) is 0.400. The van der Waals surface area contributed by atoms with E-state index in [1.54, 1.807) is 12.1 Å². The number of rotatable bonds is 3. The first-order valence-corrected chi connectivity index (χ1v) is 6.16. The van der Waals surface area contributed by atoms with Crippen molar-refractivity contribution in [1.29, 1.82) is 0 Å². The van der Waals surface area contributed by atoms with Crippen LogP contribution >= 0.6 is 7.60 Å². The van der Waals surface area contributed by atoms with Gasteiger partial charge in [0.15, 0.2) is 0 Å². The monoisotopic (exact) mass is 214 g/mol. The van der Waals surface area contributed by atoms with Crippen LogP contribution in [0.15, 0.2) is 24.3 Å². The highest BCUT2D eigenvalue weighted by atomic mass is 31.2. The third-order valence-corrected chi connectivity index (χ3v) is 2.84. The van der Waals surface area contributed by atoms with Crippen molar-refractivity contribution in [2.45, 2.75) is 20.3 Å². The van der Waals surface area contributed by atoms with E-state index in [0.29, 0.717) is 5.92 Å². The van der Waals surface area contributed by atoms with Gasteiger partial charge in [-0.3, -0.25) is 4.57 Å². The topological polar surface area (TPSA) is 57.5 Å². The molecule has 1 aromatic rings. The lowest BCUT2D eigenvalue weighted by Gasteiger charge is -2.08. The summed E-state index contributed by atoms with van der Waals surface area (Å²) in [6.07, 6.45) is 0.841. The summed E-state index contributed by atoms with van der Waals surface area (Å²) >= 11 is 0. The lowest BCUT2D eigenvalue weighted by Crippen LogP contribution is -2.05. The zero-order valence-electron chi connectivity index (χ0n) is 8.34. The van der Waals surface area contributed by atoms with Gasteiger partial charge in [-0.15, -0.1) is 0 Å². The largest absolute Gasteiger partial charge is 0.356 e. The van der Waals surface area contributed by atoms with Gasteiger partial charge in [0.05, 0.1) is 5.30 Å². The predicted molar refractivity (Wildman–Crippen MR) is 56.7 cm³/mol. The fourth-order valence-electron chi connectivity index (χ4n) is 1.34. The molecule has 0 aromatic heterocycles. The van der Waals surface area contributed by atoms with E-state index in [0.717, 1.165) is 12.0 Å². The number of benzene rings is 1. The molecule has 0 aliphatic carbocycles. The van der Waals surface area contributed by atoms with Crippen LogP contribution in [0, 0.1) is 5.92 Å². The fourth-order valence-corrected chi connectivity index (χ4v) is 1.95. The van der Waals surface area contributed by atoms with Crippen LogP contribution in [0.25, 0.3) is 0 Å². The van der Waals surface area contributed by atoms with E-state index >= 15 is 0 Å². The maximum Gasteiger partial charge on any atom is 0.356 e. The molecule has 0 amide bonds. The van der Waals surface area contributed by atoms with Crippen LogP contribution in [0.1, 0.15) is 19.4 Å². The van der Waals surface area contributed by atoms with Gasteiger partial charge in [-0.25, -0.2) is 0 Å². The Hall–Kier alpha value is -0.630. The molecule has 0 spiro atoms. The average Bonchev–Trinajstić information content (AvgIpc) is 2.01. The molecule has 0 heterocycles. The maximum atomic E-state index is 11.0. The van der Waals surface area contributed by atoms with Crippen LogP contribution in [0.3, 0.4) is 0 Å². The van der Waals surface area contributed by atoms with Crippen LogP contribution in [0.5, 0.6) is 0 Å². The number of hydrogen-bond donors (Lipinski definition) is 2. The number of hydrogen-bond acceptors (Lipinski definition) is 1. The first-order chi connectivity index (χ1) is 6.39. The van der Waals surface area contributed by atoms with E-state index in [2.05, 4.69) is 13.8 Å². The molecule has 0 bridgehead atoms. The maximum absolute atomic E-state index is 11.0. The summed E-state index contributed by atoms with van der Waals surface area (Å²) in [4.78, 5) is 17.9. The van der Waals surface area contributed by atoms with Gasteiger partial charge in [0, 0.05) is 0 Å². The quantitative estimate of drug-likeness (QED) is 0.753. The second kappa shape index (κ2) is 4.26. The van der Waals surface area contributed by atoms with Crippen molar-refractivity contribution in [1.82, 2.24) is 0 Å². The Bertz CT molecular complexity index is 354. The minimum absolute atomic E-state index is 0.107. The molecule has 4 heteroatoms. The first-order valence-electron chi connectivity index (χ1n) is 4.54. The molecule has 0 saturated carbocycles. The molecule has 0 aliphatic heterocycles. The molecule has 0 atom stereocenters. The Kier molecular flexibility index (Phi) is 3.48. The summed E-state index contributed by atoms with van der Waals surface area (Å²) in [7, 11) is -4.09.